The minimum absolute atomic E-state index is 0.0305. The lowest BCUT2D eigenvalue weighted by Crippen LogP contribution is -2.48. The second-order valence-electron chi connectivity index (χ2n) is 11.4. The summed E-state index contributed by atoms with van der Waals surface area (Å²) < 4.78 is 0. The Morgan fingerprint density at radius 3 is 1.55 bits per heavy atom. The van der Waals surface area contributed by atoms with Crippen molar-refractivity contribution in [3.63, 3.8) is 0 Å². The molecule has 0 bridgehead atoms. The van der Waals surface area contributed by atoms with Crippen LogP contribution in [0, 0.1) is 11.3 Å². The van der Waals surface area contributed by atoms with Crippen molar-refractivity contribution in [3.05, 3.63) is 0 Å². The Bertz CT molecular complexity index is 1040. The first-order chi connectivity index (χ1) is 23.7. The lowest BCUT2D eigenvalue weighted by Gasteiger charge is -2.18. The van der Waals surface area contributed by atoms with Gasteiger partial charge in [-0.05, 0) is 39.5 Å². The van der Waals surface area contributed by atoms with E-state index in [2.05, 4.69) is 55.6 Å². The monoisotopic (exact) mass is 733 g/mol. The summed E-state index contributed by atoms with van der Waals surface area (Å²) in [6.07, 6.45) is 6.83. The van der Waals surface area contributed by atoms with E-state index < -0.39 is 54.5 Å². The highest BCUT2D eigenvalue weighted by Gasteiger charge is 2.22. The van der Waals surface area contributed by atoms with Gasteiger partial charge in [-0.3, -0.25) is 44.0 Å². The highest BCUT2D eigenvalue weighted by Crippen LogP contribution is 2.14. The number of ketones is 1. The van der Waals surface area contributed by atoms with Crippen LogP contribution in [0.5, 0.6) is 0 Å². The maximum atomic E-state index is 12.2. The number of carbonyl (C=O) groups is 7. The van der Waals surface area contributed by atoms with Gasteiger partial charge in [-0.25, -0.2) is 0 Å². The Hall–Kier alpha value is -4.77. The number of rotatable bonds is 20. The molecule has 0 aromatic heterocycles. The summed E-state index contributed by atoms with van der Waals surface area (Å²) in [6, 6.07) is -2.10. The van der Waals surface area contributed by atoms with Gasteiger partial charge in [0.15, 0.2) is 5.96 Å². The van der Waals surface area contributed by atoms with Gasteiger partial charge in [0.05, 0.1) is 25.2 Å². The summed E-state index contributed by atoms with van der Waals surface area (Å²) in [7, 11) is 0. The number of carbonyl (C=O) groups excluding carboxylic acids is 6. The van der Waals surface area contributed by atoms with Gasteiger partial charge in [-0.1, -0.05) is 73.6 Å². The van der Waals surface area contributed by atoms with E-state index in [-0.39, 0.29) is 35.9 Å². The average Bonchev–Trinajstić information content (AvgIpc) is 2.99. The molecule has 0 fully saturated rings. The number of hydrogen-bond donors (Lipinski definition) is 10. The second kappa shape index (κ2) is 38.0. The highest BCUT2D eigenvalue weighted by atomic mass is 16.4. The first kappa shape index (κ1) is 55.6. The number of carboxylic acid groups (broad SMARTS) is 1. The van der Waals surface area contributed by atoms with Crippen LogP contribution in [-0.2, 0) is 33.6 Å². The molecule has 15 N–H and O–H groups in total. The van der Waals surface area contributed by atoms with Crippen molar-refractivity contribution in [2.75, 3.05) is 13.1 Å². The number of amides is 5. The number of nitrogens with one attached hydrogen (secondary N) is 4. The Morgan fingerprint density at radius 1 is 0.706 bits per heavy atom. The van der Waals surface area contributed by atoms with Crippen LogP contribution < -0.4 is 44.6 Å². The van der Waals surface area contributed by atoms with E-state index in [0.717, 1.165) is 32.1 Å². The largest absolute Gasteiger partial charge is 0.481 e. The normalized spacial score (nSPS) is 11.1. The van der Waals surface area contributed by atoms with E-state index in [1.165, 1.54) is 26.7 Å². The molecule has 0 aromatic carbocycles. The van der Waals surface area contributed by atoms with Crippen molar-refractivity contribution in [2.24, 2.45) is 39.6 Å². The molecule has 5 amide bonds. The molecule has 0 aliphatic rings. The highest BCUT2D eigenvalue weighted by molar-refractivity contribution is 5.99. The van der Waals surface area contributed by atoms with E-state index in [9.17, 15) is 33.6 Å². The Kier molecular flexibility index (Phi) is 41.5. The summed E-state index contributed by atoms with van der Waals surface area (Å²) in [5.41, 5.74) is 25.3. The maximum absolute atomic E-state index is 12.2. The first-order valence-electron chi connectivity index (χ1n) is 17.2. The van der Waals surface area contributed by atoms with E-state index in [4.69, 9.17) is 39.2 Å². The van der Waals surface area contributed by atoms with Crippen LogP contribution in [0.25, 0.3) is 0 Å². The summed E-state index contributed by atoms with van der Waals surface area (Å²) in [6.45, 7) is 15.5. The Morgan fingerprint density at radius 2 is 1.18 bits per heavy atom. The summed E-state index contributed by atoms with van der Waals surface area (Å²) in [5.74, 6) is -4.47. The number of guanidine groups is 1. The van der Waals surface area contributed by atoms with Crippen molar-refractivity contribution < 1.29 is 38.7 Å². The molecular weight excluding hydrogens is 664 g/mol. The third-order valence-electron chi connectivity index (χ3n) is 5.43. The maximum Gasteiger partial charge on any atom is 0.305 e. The number of aliphatic carboxylic acids is 1. The average molecular weight is 733 g/mol. The van der Waals surface area contributed by atoms with Crippen molar-refractivity contribution >= 4 is 53.1 Å². The van der Waals surface area contributed by atoms with Crippen LogP contribution in [0.1, 0.15) is 126 Å². The minimum Gasteiger partial charge on any atom is -0.481 e. The molecule has 0 rings (SSSR count). The van der Waals surface area contributed by atoms with Gasteiger partial charge in [0, 0.05) is 12.5 Å². The predicted molar refractivity (Wildman–Crippen MR) is 200 cm³/mol. The van der Waals surface area contributed by atoms with Gasteiger partial charge in [0.2, 0.25) is 29.5 Å². The van der Waals surface area contributed by atoms with Crippen LogP contribution in [0.15, 0.2) is 4.99 Å². The molecule has 0 spiro atoms. The molecule has 0 unspecified atom stereocenters. The molecule has 0 radical (unpaired) electrons. The van der Waals surface area contributed by atoms with E-state index in [0.29, 0.717) is 19.4 Å². The summed E-state index contributed by atoms with van der Waals surface area (Å²) >= 11 is 0. The molecule has 0 saturated carbocycles. The molecule has 0 aliphatic heterocycles. The van der Waals surface area contributed by atoms with Gasteiger partial charge in [0.25, 0.3) is 0 Å². The number of aliphatic imine (C=N–C) groups is 1. The van der Waals surface area contributed by atoms with Gasteiger partial charge in [-0.2, -0.15) is 0 Å². The van der Waals surface area contributed by atoms with Crippen molar-refractivity contribution in [1.82, 2.24) is 16.0 Å². The topological polar surface area (TPSA) is 342 Å². The number of hydrogen-bond acceptors (Lipinski definition) is 9. The SMILES string of the molecule is CC(=N)N.CC(=O)CC(=O)N[C@@H](CC(=O)O)C(N)=O.CCC.CCC.CCCC[C@H](CCC)C(=O)NCC(=O)N[C@@H](CCCN=C(N)N)C(N)=O. The number of carboxylic acids is 1. The lowest BCUT2D eigenvalue weighted by atomic mass is 9.96. The molecule has 0 saturated heterocycles. The number of amidine groups is 1. The first-order valence-corrected chi connectivity index (χ1v) is 17.2. The smallest absolute Gasteiger partial charge is 0.305 e. The summed E-state index contributed by atoms with van der Waals surface area (Å²) in [4.78, 5) is 82.0. The van der Waals surface area contributed by atoms with Crippen LogP contribution in [0.2, 0.25) is 0 Å². The molecule has 3 atom stereocenters. The Balaban J connectivity index is -0.000000236. The van der Waals surface area contributed by atoms with Crippen LogP contribution >= 0.6 is 0 Å². The fraction of sp³-hybridized carbons (Fsp3) is 0.727. The molecule has 18 nitrogen and oxygen atoms in total. The number of Topliss-reactive ketones (excluding diaryl/α,β-unsaturated/α-hetero) is 1. The number of unbranched alkanes of at least 4 members (excludes halogenated alkanes) is 1. The van der Waals surface area contributed by atoms with Gasteiger partial charge in [0.1, 0.15) is 17.9 Å². The molecular formula is C33H68N10O8. The fourth-order valence-electron chi connectivity index (χ4n) is 3.42. The standard InChI is InChI=1S/C17H34N6O3.C8H12N2O5.2C3H8.C2H6N2/c1-3-5-8-12(7-4-2)16(26)22-11-14(24)23-13(15(18)25)9-6-10-21-17(19)20;1-4(11)2-6(12)10-5(8(9)15)3-7(13)14;2*1-3-2;1-2(3)4/h12-13H,3-11H2,1-2H3,(H2,18,25)(H,22,26)(H,23,24)(H4,19,20,21);5H,2-3H2,1H3,(H2,9,15)(H,10,12)(H,13,14);2*3H2,1-2H3;1H3,(H3,3,4)/t12-,13-;5-;;;/m00.../s1. The lowest BCUT2D eigenvalue weighted by molar-refractivity contribution is -0.140. The number of nitrogens with zero attached hydrogens (tertiary/aromatic N) is 1. The van der Waals surface area contributed by atoms with Crippen LogP contribution in [0.3, 0.4) is 0 Å². The van der Waals surface area contributed by atoms with E-state index in [1.54, 1.807) is 0 Å². The van der Waals surface area contributed by atoms with Gasteiger partial charge in [-0.15, -0.1) is 0 Å². The molecule has 51 heavy (non-hydrogen) atoms. The zero-order valence-corrected chi connectivity index (χ0v) is 32.1. The van der Waals surface area contributed by atoms with Crippen LogP contribution in [0.4, 0.5) is 0 Å². The van der Waals surface area contributed by atoms with E-state index in [1.807, 2.05) is 6.92 Å². The van der Waals surface area contributed by atoms with Crippen LogP contribution in [-0.4, -0.2) is 83.4 Å². The third-order valence-corrected chi connectivity index (χ3v) is 5.43. The van der Waals surface area contributed by atoms with Gasteiger partial charge >= 0.3 is 5.97 Å². The molecule has 0 aromatic rings. The van der Waals surface area contributed by atoms with Crippen molar-refractivity contribution in [3.8, 4) is 0 Å². The fourth-order valence-corrected chi connectivity index (χ4v) is 3.42. The molecule has 0 aliphatic carbocycles. The zero-order valence-electron chi connectivity index (χ0n) is 32.1. The third kappa shape index (κ3) is 47.4. The number of primary amides is 2. The van der Waals surface area contributed by atoms with E-state index >= 15 is 0 Å². The van der Waals surface area contributed by atoms with Gasteiger partial charge < -0.3 is 49.7 Å². The zero-order chi connectivity index (χ0) is 40.9. The van der Waals surface area contributed by atoms with Crippen molar-refractivity contribution in [2.45, 2.75) is 138 Å². The van der Waals surface area contributed by atoms with Crippen molar-refractivity contribution in [1.29, 1.82) is 5.41 Å². The molecule has 18 heteroatoms. The molecule has 0 heterocycles. The summed E-state index contributed by atoms with van der Waals surface area (Å²) in [5, 5.41) is 21.9. The Labute approximate surface area is 303 Å². The molecule has 298 valence electrons. The quantitative estimate of drug-likeness (QED) is 0.0363. The minimum atomic E-state index is -1.28. The number of nitrogens with two attached hydrogens (primary N) is 5. The second-order valence-corrected chi connectivity index (χ2v) is 11.4. The predicted octanol–water partition coefficient (Wildman–Crippen LogP) is 0.918.